The van der Waals surface area contributed by atoms with Crippen molar-refractivity contribution in [3.8, 4) is 0 Å². The van der Waals surface area contributed by atoms with E-state index in [0.717, 1.165) is 143 Å². The first-order valence-corrected chi connectivity index (χ1v) is 47.9. The van der Waals surface area contributed by atoms with Gasteiger partial charge in [-0.3, -0.25) is 10.2 Å². The molecule has 3 saturated carbocycles. The van der Waals surface area contributed by atoms with Crippen LogP contribution in [0.3, 0.4) is 0 Å². The highest BCUT2D eigenvalue weighted by Gasteiger charge is 2.64. The van der Waals surface area contributed by atoms with Crippen LogP contribution in [0.1, 0.15) is 240 Å². The van der Waals surface area contributed by atoms with E-state index in [2.05, 4.69) is 187 Å². The second kappa shape index (κ2) is 47.7. The van der Waals surface area contributed by atoms with Crippen LogP contribution in [-0.4, -0.2) is 178 Å². The lowest BCUT2D eigenvalue weighted by Gasteiger charge is -2.32. The van der Waals surface area contributed by atoms with Crippen LogP contribution in [0.15, 0.2) is 134 Å². The molecular formula is C92H131B3Br4FIN18O13. The summed E-state index contributed by atoms with van der Waals surface area (Å²) in [7, 11) is -1.36. The number of carbonyl (C=O) groups excluding carboxylic acids is 4. The van der Waals surface area contributed by atoms with E-state index in [1.807, 2.05) is 209 Å². The minimum Gasteiger partial charge on any atom is -0.444 e. The van der Waals surface area contributed by atoms with Crippen molar-refractivity contribution in [1.82, 2.24) is 55.8 Å². The summed E-state index contributed by atoms with van der Waals surface area (Å²) in [6, 6.07) is 29.4. The Hall–Kier alpha value is -7.90. The van der Waals surface area contributed by atoms with Crippen molar-refractivity contribution in [3.63, 3.8) is 0 Å². The maximum Gasteiger partial charge on any atom is 0.494 e. The standard InChI is InChI=1S/C25H37BN4O4.C19H25BrN4O2.C12H24B2O4.C11H22N2O2.C8H4BrIN2.C8H6BrN3.C7H4BrFO.CH5N3.CH4/c1-23(2,3)32-22(31)29-19-11-9-18(10-12-19)28-21-27-15-16-14-17(8-13-20(16)30-21)26-33-24(4,5)25(6,7)34-26;1-19(2,3)26-18(25)23-15-7-5-14(6-8-15)22-17-21-11-12-10-13(20)4-9-16(12)24-17;1-9(2)10(3,4)16-13(15-9)14-17-11(5,6)12(7,8)18-14;1-11(2,3)15-10(14)13-9-6-4-8(12)5-7-9;2*9-6-1-2-7-5(3-6)4-11-8(10)12-7;8-6-1-2-7(9)5(3-6)4-10;2-1(3)4;/h8,13-15,18-19H,9-12H2,1-7H3,(H,29,31)(H,27,28,30);4,9-11,14-15H,5-8H2,1-3H3,(H,23,25)(H,21,22,24);1-8H3;8-9H,4-7,12H2,1-3H3,(H,13,14);1-4H;1-4H,(H2,10,11,12);1-4H;(H5,2,3,4);1H4. The van der Waals surface area contributed by atoms with Crippen LogP contribution in [-0.2, 0) is 42.1 Å². The molecule has 132 heavy (non-hydrogen) atoms. The number of nitrogen functional groups attached to an aromatic ring is 1. The fourth-order valence-electron chi connectivity index (χ4n) is 13.7. The molecule has 0 bridgehead atoms. The van der Waals surface area contributed by atoms with E-state index in [-0.39, 0.29) is 95.0 Å². The summed E-state index contributed by atoms with van der Waals surface area (Å²) in [6.45, 7) is 41.2. The van der Waals surface area contributed by atoms with Crippen LogP contribution in [0, 0.1) is 15.1 Å². The smallest absolute Gasteiger partial charge is 0.444 e. The molecule has 9 aromatic rings. The van der Waals surface area contributed by atoms with Gasteiger partial charge in [-0.1, -0.05) is 83.3 Å². The number of halogens is 6. The third kappa shape index (κ3) is 35.3. The number of ether oxygens (including phenoxy) is 3. The maximum absolute atomic E-state index is 12.5. The third-order valence-electron chi connectivity index (χ3n) is 22.6. The lowest BCUT2D eigenvalue weighted by Crippen LogP contribution is -2.42. The lowest BCUT2D eigenvalue weighted by molar-refractivity contribution is 0.00578. The Kier molecular flexibility index (Phi) is 40.2. The molecule has 0 unspecified atom stereocenters. The number of aromatic nitrogens is 8. The predicted molar refractivity (Wildman–Crippen MR) is 546 cm³/mol. The van der Waals surface area contributed by atoms with Crippen molar-refractivity contribution in [1.29, 1.82) is 5.41 Å². The zero-order valence-corrected chi connectivity index (χ0v) is 87.2. The molecule has 718 valence electrons. The van der Waals surface area contributed by atoms with Gasteiger partial charge in [0.1, 0.15) is 22.6 Å². The number of aldehydes is 1. The molecule has 3 aliphatic carbocycles. The number of nitrogens with one attached hydrogen (secondary N) is 6. The molecule has 0 spiro atoms. The number of hydrogen-bond donors (Lipinski definition) is 10. The largest absolute Gasteiger partial charge is 0.494 e. The number of fused-ring (bicyclic) bond motifs is 4. The van der Waals surface area contributed by atoms with Crippen molar-refractivity contribution >= 4 is 205 Å². The third-order valence-corrected chi connectivity index (χ3v) is 25.1. The number of carbonyl (C=O) groups is 4. The van der Waals surface area contributed by atoms with Gasteiger partial charge in [0, 0.05) is 123 Å². The molecule has 14 N–H and O–H groups in total. The number of rotatable bonds is 10. The number of benzene rings is 5. The molecule has 5 aromatic carbocycles. The van der Waals surface area contributed by atoms with Crippen molar-refractivity contribution in [3.05, 3.63) is 149 Å². The number of guanidine groups is 1. The quantitative estimate of drug-likeness (QED) is 0.0116. The first-order valence-electron chi connectivity index (χ1n) is 43.6. The molecule has 3 aliphatic heterocycles. The second-order valence-electron chi connectivity index (χ2n) is 38.7. The Labute approximate surface area is 824 Å². The Morgan fingerprint density at radius 1 is 0.455 bits per heavy atom. The Bertz CT molecular complexity index is 5120. The van der Waals surface area contributed by atoms with Gasteiger partial charge < -0.3 is 91.7 Å². The average molecular weight is 2200 g/mol. The van der Waals surface area contributed by atoms with Crippen molar-refractivity contribution < 1.29 is 65.7 Å². The Morgan fingerprint density at radius 3 is 1.11 bits per heavy atom. The average Bonchev–Trinajstić information content (AvgIpc) is 1.60. The van der Waals surface area contributed by atoms with Gasteiger partial charge in [-0.05, 0) is 307 Å². The summed E-state index contributed by atoms with van der Waals surface area (Å²) in [5.74, 6) is 0.769. The van der Waals surface area contributed by atoms with E-state index >= 15 is 0 Å². The van der Waals surface area contributed by atoms with Crippen LogP contribution in [0.25, 0.3) is 43.6 Å². The summed E-state index contributed by atoms with van der Waals surface area (Å²) in [5.41, 5.74) is 21.3. The first-order chi connectivity index (χ1) is 60.8. The van der Waals surface area contributed by atoms with Crippen LogP contribution < -0.4 is 55.0 Å². The molecule has 4 aromatic heterocycles. The molecule has 40 heteroatoms. The molecular weight excluding hydrogens is 2060 g/mol. The first kappa shape index (κ1) is 111. The summed E-state index contributed by atoms with van der Waals surface area (Å²) in [5, 5.41) is 25.8. The summed E-state index contributed by atoms with van der Waals surface area (Å²) >= 11 is 15.4. The zero-order chi connectivity index (χ0) is 97.2. The molecule has 6 aliphatic rings. The van der Waals surface area contributed by atoms with Crippen molar-refractivity contribution in [2.24, 2.45) is 17.2 Å². The number of alkyl carbamates (subject to hydrolysis) is 3. The van der Waals surface area contributed by atoms with Gasteiger partial charge >= 0.3 is 39.4 Å². The van der Waals surface area contributed by atoms with Gasteiger partial charge in [0.15, 0.2) is 16.1 Å². The van der Waals surface area contributed by atoms with E-state index in [0.29, 0.717) is 40.7 Å². The van der Waals surface area contributed by atoms with Gasteiger partial charge in [0.05, 0.1) is 61.2 Å². The molecule has 15 rings (SSSR count). The fourth-order valence-corrected chi connectivity index (χ4v) is 15.7. The normalized spacial score (nSPS) is 20.5. The van der Waals surface area contributed by atoms with E-state index in [1.54, 1.807) is 12.3 Å². The minimum atomic E-state index is -0.488. The van der Waals surface area contributed by atoms with Crippen LogP contribution in [0.5, 0.6) is 0 Å². The van der Waals surface area contributed by atoms with Crippen LogP contribution >= 0.6 is 86.3 Å². The van der Waals surface area contributed by atoms with E-state index in [9.17, 15) is 23.6 Å². The van der Waals surface area contributed by atoms with Gasteiger partial charge in [-0.15, -0.1) is 0 Å². The topological polar surface area (TPSA) is 443 Å². The highest BCUT2D eigenvalue weighted by molar-refractivity contribution is 14.1. The molecule has 31 nitrogen and oxygen atoms in total. The minimum absolute atomic E-state index is 0. The van der Waals surface area contributed by atoms with Crippen molar-refractivity contribution in [2.45, 2.75) is 317 Å². The highest BCUT2D eigenvalue weighted by atomic mass is 127. The molecule has 3 amide bonds. The fraction of sp³-hybridized carbons (Fsp3) is 0.533. The molecule has 0 atom stereocenters. The van der Waals surface area contributed by atoms with Crippen LogP contribution in [0.4, 0.5) is 36.6 Å². The van der Waals surface area contributed by atoms with Crippen LogP contribution in [0.2, 0.25) is 0 Å². The van der Waals surface area contributed by atoms with Gasteiger partial charge in [0.2, 0.25) is 17.8 Å². The number of anilines is 3. The summed E-state index contributed by atoms with van der Waals surface area (Å²) < 4.78 is 69.2. The lowest BCUT2D eigenvalue weighted by atomic mass is 9.49. The maximum atomic E-state index is 12.5. The number of nitrogens with zero attached hydrogens (tertiary/aromatic N) is 8. The number of amides is 3. The monoisotopic (exact) mass is 2190 g/mol. The van der Waals surface area contributed by atoms with Gasteiger partial charge in [0.25, 0.3) is 0 Å². The molecule has 0 radical (unpaired) electrons. The van der Waals surface area contributed by atoms with E-state index in [4.69, 9.17) is 64.0 Å². The Balaban J connectivity index is 0.000000217. The zero-order valence-electron chi connectivity index (χ0n) is 78.7. The van der Waals surface area contributed by atoms with E-state index < -0.39 is 43.8 Å². The molecule has 6 fully saturated rings. The number of nitrogens with two attached hydrogens (primary N) is 4. The summed E-state index contributed by atoms with van der Waals surface area (Å²) in [4.78, 5) is 80.0. The molecule has 7 heterocycles. The number of hydrogen-bond acceptors (Lipinski definition) is 26. The predicted octanol–water partition coefficient (Wildman–Crippen LogP) is 19.7. The van der Waals surface area contributed by atoms with Gasteiger partial charge in [-0.2, -0.15) is 0 Å². The second-order valence-corrected chi connectivity index (χ2v) is 43.3. The summed E-state index contributed by atoms with van der Waals surface area (Å²) in [6.07, 6.45) is 18.0. The van der Waals surface area contributed by atoms with E-state index in [1.165, 1.54) is 12.1 Å². The SMILES string of the molecule is Brc1ccc2nc(I)ncc2c1.C.CC(C)(C)OC(=O)NC1CCC(N)CC1.CC(C)(C)OC(=O)NC1CCC(Nc2ncc3cc(B4OC(C)(C)C(C)(C)O4)ccc3n2)CC1.CC(C)(C)OC(=O)NC1CCC(Nc2ncc3cc(Br)ccc3n2)CC1.CC1(C)OB(B2OC(C)(C)C(C)(C)O2)OC1(C)C.N=C(N)N.Nc1ncc2cc(Br)ccc2n1.O=Cc1cc(Br)ccc1F. The van der Waals surface area contributed by atoms with Gasteiger partial charge in [-0.25, -0.2) is 58.6 Å². The molecule has 3 saturated heterocycles. The highest BCUT2D eigenvalue weighted by Crippen LogP contribution is 2.44. The Morgan fingerprint density at radius 2 is 0.750 bits per heavy atom. The van der Waals surface area contributed by atoms with Crippen molar-refractivity contribution in [2.75, 3.05) is 16.4 Å².